The minimum absolute atomic E-state index is 0.0650. The Balaban J connectivity index is 1.38. The fourth-order valence-electron chi connectivity index (χ4n) is 2.74. The van der Waals surface area contributed by atoms with E-state index in [4.69, 9.17) is 4.74 Å². The molecule has 2 heterocycles. The number of anilines is 1. The molecular formula is C21H17N5O3S. The maximum atomic E-state index is 12.5. The van der Waals surface area contributed by atoms with Gasteiger partial charge in [0.1, 0.15) is 0 Å². The summed E-state index contributed by atoms with van der Waals surface area (Å²) < 4.78 is 6.95. The molecule has 0 fully saturated rings. The first kappa shape index (κ1) is 19.5. The lowest BCUT2D eigenvalue weighted by molar-refractivity contribution is 0.0457. The molecule has 2 aromatic carbocycles. The van der Waals surface area contributed by atoms with Crippen molar-refractivity contribution >= 4 is 28.9 Å². The van der Waals surface area contributed by atoms with E-state index in [1.807, 2.05) is 35.7 Å². The lowest BCUT2D eigenvalue weighted by Gasteiger charge is -2.08. The average Bonchev–Trinajstić information content (AvgIpc) is 3.45. The van der Waals surface area contributed by atoms with Crippen LogP contribution in [0.1, 0.15) is 31.4 Å². The molecule has 4 rings (SSSR count). The van der Waals surface area contributed by atoms with Gasteiger partial charge in [-0.05, 0) is 45.6 Å². The van der Waals surface area contributed by atoms with Crippen molar-refractivity contribution in [3.63, 3.8) is 0 Å². The molecule has 4 aromatic rings. The molecule has 0 bridgehead atoms. The Labute approximate surface area is 176 Å². The molecule has 0 atom stereocenters. The van der Waals surface area contributed by atoms with Gasteiger partial charge in [0.2, 0.25) is 0 Å². The topological polar surface area (TPSA) is 99.0 Å². The van der Waals surface area contributed by atoms with Gasteiger partial charge in [-0.25, -0.2) is 9.48 Å². The van der Waals surface area contributed by atoms with Crippen LogP contribution in [0.25, 0.3) is 0 Å². The smallest absolute Gasteiger partial charge is 0.338 e. The highest BCUT2D eigenvalue weighted by molar-refractivity contribution is 7.12. The van der Waals surface area contributed by atoms with Crippen molar-refractivity contribution in [2.45, 2.75) is 13.2 Å². The monoisotopic (exact) mass is 419 g/mol. The Morgan fingerprint density at radius 3 is 2.70 bits per heavy atom. The number of thiophene rings is 1. The largest absolute Gasteiger partial charge is 0.454 e. The molecule has 0 saturated heterocycles. The minimum atomic E-state index is -0.531. The lowest BCUT2D eigenvalue weighted by Crippen LogP contribution is -2.13. The van der Waals surface area contributed by atoms with Crippen molar-refractivity contribution in [2.24, 2.45) is 0 Å². The summed E-state index contributed by atoms with van der Waals surface area (Å²) in [5.74, 6) is -0.318. The van der Waals surface area contributed by atoms with Crippen molar-refractivity contribution in [1.29, 1.82) is 0 Å². The van der Waals surface area contributed by atoms with Gasteiger partial charge in [-0.3, -0.25) is 4.79 Å². The standard InChI is InChI=1S/C21H17N5O3S/c27-20(18-10-5-11-30-18)22-17-9-4-8-16(12-17)21(28)29-14-19-23-24-25-26(19)13-15-6-2-1-3-7-15/h1-12H,13-14H2,(H,22,27). The molecule has 1 amide bonds. The maximum Gasteiger partial charge on any atom is 0.338 e. The summed E-state index contributed by atoms with van der Waals surface area (Å²) in [6, 6.07) is 19.9. The van der Waals surface area contributed by atoms with Gasteiger partial charge in [0, 0.05) is 5.69 Å². The van der Waals surface area contributed by atoms with Gasteiger partial charge < -0.3 is 10.1 Å². The number of rotatable bonds is 7. The van der Waals surface area contributed by atoms with Gasteiger partial charge in [-0.2, -0.15) is 0 Å². The van der Waals surface area contributed by atoms with Crippen LogP contribution < -0.4 is 5.32 Å². The molecule has 0 aliphatic rings. The predicted molar refractivity (Wildman–Crippen MR) is 111 cm³/mol. The van der Waals surface area contributed by atoms with E-state index in [-0.39, 0.29) is 12.5 Å². The second-order valence-corrected chi connectivity index (χ2v) is 7.27. The van der Waals surface area contributed by atoms with E-state index >= 15 is 0 Å². The van der Waals surface area contributed by atoms with E-state index in [1.54, 1.807) is 41.1 Å². The maximum absolute atomic E-state index is 12.5. The number of benzene rings is 2. The molecule has 9 heteroatoms. The van der Waals surface area contributed by atoms with Gasteiger partial charge in [-0.1, -0.05) is 42.5 Å². The van der Waals surface area contributed by atoms with E-state index in [0.29, 0.717) is 28.5 Å². The summed E-state index contributed by atoms with van der Waals surface area (Å²) >= 11 is 1.34. The van der Waals surface area contributed by atoms with Crippen LogP contribution in [0.3, 0.4) is 0 Å². The number of hydrogen-bond donors (Lipinski definition) is 1. The van der Waals surface area contributed by atoms with E-state index < -0.39 is 5.97 Å². The van der Waals surface area contributed by atoms with Crippen LogP contribution in [0.2, 0.25) is 0 Å². The van der Waals surface area contributed by atoms with Crippen molar-refractivity contribution in [1.82, 2.24) is 20.2 Å². The highest BCUT2D eigenvalue weighted by atomic mass is 32.1. The Bertz CT molecular complexity index is 1140. The summed E-state index contributed by atoms with van der Waals surface area (Å²) in [4.78, 5) is 25.2. The van der Waals surface area contributed by atoms with Gasteiger partial charge >= 0.3 is 5.97 Å². The number of amides is 1. The van der Waals surface area contributed by atoms with Gasteiger partial charge in [0.25, 0.3) is 5.91 Å². The first-order valence-electron chi connectivity index (χ1n) is 9.10. The minimum Gasteiger partial charge on any atom is -0.454 e. The SMILES string of the molecule is O=C(OCc1nnnn1Cc1ccccc1)c1cccc(NC(=O)c2cccs2)c1. The Morgan fingerprint density at radius 1 is 1.03 bits per heavy atom. The summed E-state index contributed by atoms with van der Waals surface area (Å²) in [6.07, 6.45) is 0. The molecule has 8 nitrogen and oxygen atoms in total. The summed E-state index contributed by atoms with van der Waals surface area (Å²) in [6.45, 7) is 0.412. The number of tetrazole rings is 1. The third kappa shape index (κ3) is 4.76. The molecule has 2 aromatic heterocycles. The molecule has 0 aliphatic carbocycles. The van der Waals surface area contributed by atoms with Crippen LogP contribution in [-0.4, -0.2) is 32.1 Å². The van der Waals surface area contributed by atoms with Crippen LogP contribution >= 0.6 is 11.3 Å². The first-order chi connectivity index (χ1) is 14.7. The Morgan fingerprint density at radius 2 is 1.90 bits per heavy atom. The Kier molecular flexibility index (Phi) is 5.90. The van der Waals surface area contributed by atoms with Crippen molar-refractivity contribution in [3.05, 3.63) is 93.9 Å². The first-order valence-corrected chi connectivity index (χ1v) is 9.98. The summed E-state index contributed by atoms with van der Waals surface area (Å²) in [7, 11) is 0. The molecular weight excluding hydrogens is 402 g/mol. The molecule has 0 radical (unpaired) electrons. The average molecular weight is 419 g/mol. The van der Waals surface area contributed by atoms with Crippen LogP contribution in [0.15, 0.2) is 72.1 Å². The van der Waals surface area contributed by atoms with E-state index in [9.17, 15) is 9.59 Å². The molecule has 0 spiro atoms. The number of nitrogens with zero attached hydrogens (tertiary/aromatic N) is 4. The zero-order valence-electron chi connectivity index (χ0n) is 15.8. The molecule has 1 N–H and O–H groups in total. The summed E-state index contributed by atoms with van der Waals surface area (Å²) in [5, 5.41) is 16.1. The van der Waals surface area contributed by atoms with Crippen LogP contribution in [-0.2, 0) is 17.9 Å². The van der Waals surface area contributed by atoms with Crippen molar-refractivity contribution in [3.8, 4) is 0 Å². The molecule has 0 saturated carbocycles. The molecule has 0 unspecified atom stereocenters. The van der Waals surface area contributed by atoms with Crippen molar-refractivity contribution < 1.29 is 14.3 Å². The number of nitrogens with one attached hydrogen (secondary N) is 1. The van der Waals surface area contributed by atoms with E-state index in [0.717, 1.165) is 5.56 Å². The fourth-order valence-corrected chi connectivity index (χ4v) is 3.36. The van der Waals surface area contributed by atoms with Crippen LogP contribution in [0.5, 0.6) is 0 Å². The fraction of sp³-hybridized carbons (Fsp3) is 0.0952. The Hall–Kier alpha value is -3.85. The quantitative estimate of drug-likeness (QED) is 0.461. The number of carbonyl (C=O) groups is 2. The van der Waals surface area contributed by atoms with Crippen LogP contribution in [0.4, 0.5) is 5.69 Å². The third-order valence-electron chi connectivity index (χ3n) is 4.21. The van der Waals surface area contributed by atoms with Crippen LogP contribution in [0, 0.1) is 0 Å². The highest BCUT2D eigenvalue weighted by Gasteiger charge is 2.14. The zero-order valence-corrected chi connectivity index (χ0v) is 16.6. The highest BCUT2D eigenvalue weighted by Crippen LogP contribution is 2.16. The van der Waals surface area contributed by atoms with E-state index in [1.165, 1.54) is 11.3 Å². The zero-order chi connectivity index (χ0) is 20.8. The molecule has 150 valence electrons. The number of carbonyl (C=O) groups excluding carboxylic acids is 2. The molecule has 0 aliphatic heterocycles. The number of ether oxygens (including phenoxy) is 1. The van der Waals surface area contributed by atoms with Gasteiger partial charge in [-0.15, -0.1) is 16.4 Å². The van der Waals surface area contributed by atoms with Gasteiger partial charge in [0.05, 0.1) is 17.0 Å². The third-order valence-corrected chi connectivity index (χ3v) is 5.08. The summed E-state index contributed by atoms with van der Waals surface area (Å²) in [5.41, 5.74) is 1.87. The number of aromatic nitrogens is 4. The number of esters is 1. The molecule has 30 heavy (non-hydrogen) atoms. The predicted octanol–water partition coefficient (Wildman–Crippen LogP) is 3.39. The second-order valence-electron chi connectivity index (χ2n) is 6.33. The lowest BCUT2D eigenvalue weighted by atomic mass is 10.2. The second kappa shape index (κ2) is 9.10. The van der Waals surface area contributed by atoms with Gasteiger partial charge in [0.15, 0.2) is 12.4 Å². The van der Waals surface area contributed by atoms with Crippen molar-refractivity contribution in [2.75, 3.05) is 5.32 Å². The number of hydrogen-bond acceptors (Lipinski definition) is 7. The van der Waals surface area contributed by atoms with E-state index in [2.05, 4.69) is 20.8 Å². The normalized spacial score (nSPS) is 10.5.